The van der Waals surface area contributed by atoms with E-state index < -0.39 is 0 Å². The molecule has 0 saturated heterocycles. The van der Waals surface area contributed by atoms with Crippen molar-refractivity contribution >= 4 is 32.4 Å². The van der Waals surface area contributed by atoms with Gasteiger partial charge >= 0.3 is 0 Å². The average molecular weight is 688 g/mol. The third-order valence-electron chi connectivity index (χ3n) is 10.3. The lowest BCUT2D eigenvalue weighted by Crippen LogP contribution is -2.01. The summed E-state index contributed by atoms with van der Waals surface area (Å²) in [5, 5.41) is 5.95. The normalized spacial score (nSPS) is 11.3. The van der Waals surface area contributed by atoms with Gasteiger partial charge in [-0.3, -0.25) is 0 Å². The highest BCUT2D eigenvalue weighted by molar-refractivity contribution is 6.22. The standard InChI is InChI=1S/C51H33N3/c1-4-15-34(16-5-1)35-27-29-39(30-28-35)51-53-49(37-18-6-2-7-19-37)46(50(54-51)38-20-8-3-9-21-38)40-22-14-23-41(33-40)48-44-32-31-36-17-10-11-24-42(36)47(44)43-25-12-13-26-45(43)52-48/h1-33H. The lowest BCUT2D eigenvalue weighted by atomic mass is 9.91. The van der Waals surface area contributed by atoms with Crippen molar-refractivity contribution in [2.75, 3.05) is 0 Å². The first-order valence-electron chi connectivity index (χ1n) is 18.3. The highest BCUT2D eigenvalue weighted by atomic mass is 14.9. The van der Waals surface area contributed by atoms with Crippen molar-refractivity contribution in [1.29, 1.82) is 0 Å². The third kappa shape index (κ3) is 5.60. The van der Waals surface area contributed by atoms with E-state index in [1.165, 1.54) is 21.7 Å². The van der Waals surface area contributed by atoms with Gasteiger partial charge in [0.05, 0.1) is 22.6 Å². The molecular formula is C51H33N3. The van der Waals surface area contributed by atoms with Crippen LogP contribution in [0.15, 0.2) is 200 Å². The first-order valence-corrected chi connectivity index (χ1v) is 18.3. The van der Waals surface area contributed by atoms with Crippen LogP contribution in [-0.4, -0.2) is 15.0 Å². The van der Waals surface area contributed by atoms with E-state index in [1.54, 1.807) is 0 Å². The Hall–Kier alpha value is -7.23. The van der Waals surface area contributed by atoms with Gasteiger partial charge in [0.2, 0.25) is 0 Å². The van der Waals surface area contributed by atoms with Crippen molar-refractivity contribution in [2.45, 2.75) is 0 Å². The molecule has 0 atom stereocenters. The van der Waals surface area contributed by atoms with Crippen molar-refractivity contribution in [2.24, 2.45) is 0 Å². The van der Waals surface area contributed by atoms with Crippen LogP contribution in [0.2, 0.25) is 0 Å². The van der Waals surface area contributed by atoms with E-state index in [0.29, 0.717) is 5.82 Å². The van der Waals surface area contributed by atoms with Crippen LogP contribution in [0.4, 0.5) is 0 Å². The average Bonchev–Trinajstić information content (AvgIpc) is 3.26. The quantitative estimate of drug-likeness (QED) is 0.163. The largest absolute Gasteiger partial charge is 0.247 e. The zero-order chi connectivity index (χ0) is 35.8. The molecule has 252 valence electrons. The predicted octanol–water partition coefficient (Wildman–Crippen LogP) is 13.3. The number of benzene rings is 8. The zero-order valence-electron chi connectivity index (χ0n) is 29.4. The molecule has 2 aromatic heterocycles. The van der Waals surface area contributed by atoms with Gasteiger partial charge in [-0.15, -0.1) is 0 Å². The van der Waals surface area contributed by atoms with E-state index in [4.69, 9.17) is 15.0 Å². The second-order valence-corrected chi connectivity index (χ2v) is 13.6. The number of hydrogen-bond acceptors (Lipinski definition) is 3. The number of pyridine rings is 1. The topological polar surface area (TPSA) is 38.7 Å². The molecule has 0 radical (unpaired) electrons. The van der Waals surface area contributed by atoms with E-state index in [9.17, 15) is 0 Å². The molecule has 0 aliphatic rings. The van der Waals surface area contributed by atoms with Crippen LogP contribution in [0.5, 0.6) is 0 Å². The van der Waals surface area contributed by atoms with Crippen molar-refractivity contribution in [1.82, 2.24) is 15.0 Å². The fourth-order valence-corrected chi connectivity index (χ4v) is 7.68. The molecule has 54 heavy (non-hydrogen) atoms. The molecule has 10 rings (SSSR count). The summed E-state index contributed by atoms with van der Waals surface area (Å²) in [6.07, 6.45) is 0. The van der Waals surface area contributed by atoms with Gasteiger partial charge in [0.25, 0.3) is 0 Å². The Bertz CT molecular complexity index is 2880. The SMILES string of the molecule is c1ccc(-c2ccc(-c3nc(-c4ccccc4)c(-c4cccc(-c5nc6ccccc6c6c5ccc5ccccc56)c4)c(-c4ccccc4)n3)cc2)cc1. The number of rotatable bonds is 6. The van der Waals surface area contributed by atoms with E-state index in [1.807, 2.05) is 18.2 Å². The summed E-state index contributed by atoms with van der Waals surface area (Å²) in [6, 6.07) is 70.2. The van der Waals surface area contributed by atoms with Crippen LogP contribution in [0.3, 0.4) is 0 Å². The van der Waals surface area contributed by atoms with Crippen LogP contribution < -0.4 is 0 Å². The Balaban J connectivity index is 1.21. The molecule has 0 amide bonds. The predicted molar refractivity (Wildman–Crippen MR) is 225 cm³/mol. The maximum absolute atomic E-state index is 5.38. The minimum Gasteiger partial charge on any atom is -0.247 e. The van der Waals surface area contributed by atoms with Gasteiger partial charge in [0.1, 0.15) is 0 Å². The fraction of sp³-hybridized carbons (Fsp3) is 0. The molecule has 0 saturated carbocycles. The molecule has 0 bridgehead atoms. The van der Waals surface area contributed by atoms with Crippen molar-refractivity contribution in [3.63, 3.8) is 0 Å². The van der Waals surface area contributed by atoms with Gasteiger partial charge in [-0.05, 0) is 39.6 Å². The summed E-state index contributed by atoms with van der Waals surface area (Å²) in [6.45, 7) is 0. The number of fused-ring (bicyclic) bond motifs is 5. The number of para-hydroxylation sites is 1. The highest BCUT2D eigenvalue weighted by Gasteiger charge is 2.21. The lowest BCUT2D eigenvalue weighted by Gasteiger charge is -2.18. The lowest BCUT2D eigenvalue weighted by molar-refractivity contribution is 1.18. The molecule has 0 unspecified atom stereocenters. The van der Waals surface area contributed by atoms with Crippen LogP contribution >= 0.6 is 0 Å². The highest BCUT2D eigenvalue weighted by Crippen LogP contribution is 2.42. The molecule has 0 N–H and O–H groups in total. The molecule has 10 aromatic rings. The smallest absolute Gasteiger partial charge is 0.160 e. The van der Waals surface area contributed by atoms with Gasteiger partial charge in [0.15, 0.2) is 5.82 Å². The van der Waals surface area contributed by atoms with Gasteiger partial charge < -0.3 is 0 Å². The summed E-state index contributed by atoms with van der Waals surface area (Å²) >= 11 is 0. The van der Waals surface area contributed by atoms with Crippen LogP contribution in [0.25, 0.3) is 99.9 Å². The van der Waals surface area contributed by atoms with Gasteiger partial charge in [-0.1, -0.05) is 188 Å². The monoisotopic (exact) mass is 687 g/mol. The Morgan fingerprint density at radius 1 is 0.278 bits per heavy atom. The van der Waals surface area contributed by atoms with E-state index >= 15 is 0 Å². The maximum Gasteiger partial charge on any atom is 0.160 e. The molecule has 2 heterocycles. The van der Waals surface area contributed by atoms with Crippen LogP contribution in [0.1, 0.15) is 0 Å². The van der Waals surface area contributed by atoms with E-state index in [2.05, 4.69) is 182 Å². The van der Waals surface area contributed by atoms with Gasteiger partial charge in [-0.25, -0.2) is 15.0 Å². The summed E-state index contributed by atoms with van der Waals surface area (Å²) in [5.74, 6) is 0.682. The Kier molecular flexibility index (Phi) is 7.81. The van der Waals surface area contributed by atoms with E-state index in [-0.39, 0.29) is 0 Å². The molecule has 0 fully saturated rings. The Morgan fingerprint density at radius 3 is 1.48 bits per heavy atom. The zero-order valence-corrected chi connectivity index (χ0v) is 29.4. The molecule has 3 heteroatoms. The summed E-state index contributed by atoms with van der Waals surface area (Å²) in [4.78, 5) is 16.1. The number of nitrogens with zero attached hydrogens (tertiary/aromatic N) is 3. The number of aromatic nitrogens is 3. The minimum atomic E-state index is 0.682. The first-order chi connectivity index (χ1) is 26.8. The first kappa shape index (κ1) is 31.5. The van der Waals surface area contributed by atoms with Crippen molar-refractivity contribution < 1.29 is 0 Å². The maximum atomic E-state index is 5.38. The summed E-state index contributed by atoms with van der Waals surface area (Å²) < 4.78 is 0. The molecule has 8 aromatic carbocycles. The molecule has 0 aliphatic heterocycles. The number of hydrogen-bond donors (Lipinski definition) is 0. The second kappa shape index (κ2) is 13.4. The Morgan fingerprint density at radius 2 is 0.796 bits per heavy atom. The van der Waals surface area contributed by atoms with Crippen molar-refractivity contribution in [3.05, 3.63) is 200 Å². The van der Waals surface area contributed by atoms with E-state index in [0.717, 1.165) is 72.3 Å². The summed E-state index contributed by atoms with van der Waals surface area (Å²) in [7, 11) is 0. The Labute approximate surface area is 313 Å². The summed E-state index contributed by atoms with van der Waals surface area (Å²) in [5.41, 5.74) is 12.1. The molecular weight excluding hydrogens is 655 g/mol. The third-order valence-corrected chi connectivity index (χ3v) is 10.3. The van der Waals surface area contributed by atoms with Crippen LogP contribution in [-0.2, 0) is 0 Å². The van der Waals surface area contributed by atoms with Crippen molar-refractivity contribution in [3.8, 4) is 67.4 Å². The fourth-order valence-electron chi connectivity index (χ4n) is 7.68. The molecule has 0 spiro atoms. The minimum absolute atomic E-state index is 0.682. The molecule has 0 aliphatic carbocycles. The second-order valence-electron chi connectivity index (χ2n) is 13.6. The van der Waals surface area contributed by atoms with Crippen LogP contribution in [0, 0.1) is 0 Å². The van der Waals surface area contributed by atoms with Gasteiger partial charge in [-0.2, -0.15) is 0 Å². The molecule has 3 nitrogen and oxygen atoms in total. The van der Waals surface area contributed by atoms with Gasteiger partial charge in [0, 0.05) is 44.0 Å².